The van der Waals surface area contributed by atoms with Crippen molar-refractivity contribution in [1.29, 1.82) is 0 Å². The number of carboxylic acid groups (broad SMARTS) is 1. The van der Waals surface area contributed by atoms with E-state index in [2.05, 4.69) is 0 Å². The number of hydrogen-bond donors (Lipinski definition) is 2. The highest BCUT2D eigenvalue weighted by atomic mass is 19.4. The van der Waals surface area contributed by atoms with Crippen molar-refractivity contribution in [1.82, 2.24) is 4.57 Å². The third kappa shape index (κ3) is 3.70. The quantitative estimate of drug-likeness (QED) is 0.845. The molecule has 1 saturated carbocycles. The number of halogens is 3. The summed E-state index contributed by atoms with van der Waals surface area (Å²) in [7, 11) is 0. The number of hydrogen-bond acceptors (Lipinski definition) is 3. The van der Waals surface area contributed by atoms with Gasteiger partial charge in [-0.2, -0.15) is 13.2 Å². The van der Waals surface area contributed by atoms with Crippen molar-refractivity contribution in [2.24, 2.45) is 0 Å². The van der Waals surface area contributed by atoms with E-state index in [1.54, 1.807) is 0 Å². The number of aromatic carboxylic acids is 1. The zero-order chi connectivity index (χ0) is 19.8. The van der Waals surface area contributed by atoms with Crippen LogP contribution in [0.4, 0.5) is 13.2 Å². The predicted molar refractivity (Wildman–Crippen MR) is 90.9 cm³/mol. The number of aromatic nitrogens is 1. The second-order valence-electron chi connectivity index (χ2n) is 6.93. The number of pyridine rings is 1. The van der Waals surface area contributed by atoms with Gasteiger partial charge in [-0.05, 0) is 30.5 Å². The second-order valence-corrected chi connectivity index (χ2v) is 6.93. The lowest BCUT2D eigenvalue weighted by Gasteiger charge is -2.31. The van der Waals surface area contributed by atoms with Gasteiger partial charge in [0.1, 0.15) is 5.56 Å². The summed E-state index contributed by atoms with van der Waals surface area (Å²) < 4.78 is 39.9. The summed E-state index contributed by atoms with van der Waals surface area (Å²) in [5.74, 6) is -2.12. The van der Waals surface area contributed by atoms with Crippen molar-refractivity contribution in [2.45, 2.75) is 43.8 Å². The Balaban J connectivity index is 1.99. The monoisotopic (exact) mass is 381 g/mol. The van der Waals surface area contributed by atoms with E-state index >= 15 is 0 Å². The fourth-order valence-electron chi connectivity index (χ4n) is 3.81. The molecule has 2 aromatic rings. The molecule has 0 spiro atoms. The summed E-state index contributed by atoms with van der Waals surface area (Å²) in [5.41, 5.74) is -2.00. The lowest BCUT2D eigenvalue weighted by molar-refractivity contribution is -0.137. The van der Waals surface area contributed by atoms with Crippen LogP contribution in [0.3, 0.4) is 0 Å². The molecule has 0 bridgehead atoms. The molecule has 2 N–H and O–H groups in total. The van der Waals surface area contributed by atoms with Gasteiger partial charge < -0.3 is 14.8 Å². The van der Waals surface area contributed by atoms with E-state index in [1.165, 1.54) is 22.9 Å². The van der Waals surface area contributed by atoms with E-state index in [1.807, 2.05) is 0 Å². The van der Waals surface area contributed by atoms with Crippen molar-refractivity contribution >= 4 is 5.97 Å². The Bertz CT molecular complexity index is 910. The molecule has 1 aliphatic rings. The smallest absolute Gasteiger partial charge is 0.416 e. The topological polar surface area (TPSA) is 79.5 Å². The van der Waals surface area contributed by atoms with Crippen LogP contribution < -0.4 is 5.43 Å². The van der Waals surface area contributed by atoms with E-state index in [9.17, 15) is 27.9 Å². The van der Waals surface area contributed by atoms with E-state index in [0.29, 0.717) is 12.8 Å². The Morgan fingerprint density at radius 1 is 1.11 bits per heavy atom. The number of alkyl halides is 3. The minimum absolute atomic E-state index is 0.256. The van der Waals surface area contributed by atoms with Crippen LogP contribution in [-0.4, -0.2) is 20.7 Å². The maximum atomic E-state index is 12.8. The number of carboxylic acids is 1. The number of benzene rings is 1. The van der Waals surface area contributed by atoms with Gasteiger partial charge in [-0.15, -0.1) is 0 Å². The SMILES string of the molecule is O=C(O)c1cn(CC2(c3ccc(C(F)(F)F)cc3)CCCC2)cc(O)c1=O. The molecule has 0 unspecified atom stereocenters. The first-order valence-electron chi connectivity index (χ1n) is 8.46. The zero-order valence-electron chi connectivity index (χ0n) is 14.3. The van der Waals surface area contributed by atoms with Gasteiger partial charge in [0.15, 0.2) is 5.75 Å². The van der Waals surface area contributed by atoms with Crippen molar-refractivity contribution in [2.75, 3.05) is 0 Å². The molecule has 3 rings (SSSR count). The third-order valence-corrected chi connectivity index (χ3v) is 5.16. The summed E-state index contributed by atoms with van der Waals surface area (Å²) in [6.07, 6.45) is 1.12. The number of nitrogens with zero attached hydrogens (tertiary/aromatic N) is 1. The van der Waals surface area contributed by atoms with Crippen LogP contribution in [0.1, 0.15) is 47.2 Å². The molecule has 8 heteroatoms. The van der Waals surface area contributed by atoms with Crippen molar-refractivity contribution in [3.63, 3.8) is 0 Å². The fourth-order valence-corrected chi connectivity index (χ4v) is 3.81. The van der Waals surface area contributed by atoms with E-state index < -0.39 is 39.9 Å². The number of carbonyl (C=O) groups is 1. The van der Waals surface area contributed by atoms with Crippen molar-refractivity contribution in [3.8, 4) is 5.75 Å². The average molecular weight is 381 g/mol. The molecule has 1 aromatic heterocycles. The molecule has 144 valence electrons. The van der Waals surface area contributed by atoms with Crippen LogP contribution >= 0.6 is 0 Å². The van der Waals surface area contributed by atoms with Crippen LogP contribution in [0.25, 0.3) is 0 Å². The first-order valence-corrected chi connectivity index (χ1v) is 8.46. The summed E-state index contributed by atoms with van der Waals surface area (Å²) >= 11 is 0. The molecule has 0 atom stereocenters. The maximum absolute atomic E-state index is 12.8. The van der Waals surface area contributed by atoms with Crippen LogP contribution in [0.2, 0.25) is 0 Å². The van der Waals surface area contributed by atoms with Gasteiger partial charge in [-0.1, -0.05) is 25.0 Å². The summed E-state index contributed by atoms with van der Waals surface area (Å²) in [4.78, 5) is 22.9. The van der Waals surface area contributed by atoms with Crippen LogP contribution in [0, 0.1) is 0 Å². The van der Waals surface area contributed by atoms with Gasteiger partial charge in [0.2, 0.25) is 5.43 Å². The molecule has 1 aliphatic carbocycles. The zero-order valence-corrected chi connectivity index (χ0v) is 14.3. The fraction of sp³-hybridized carbons (Fsp3) is 0.368. The van der Waals surface area contributed by atoms with Gasteiger partial charge in [0, 0.05) is 24.4 Å². The van der Waals surface area contributed by atoms with Crippen LogP contribution in [0.5, 0.6) is 5.75 Å². The van der Waals surface area contributed by atoms with Gasteiger partial charge in [0.05, 0.1) is 5.56 Å². The Kier molecular flexibility index (Phi) is 4.75. The Hall–Kier alpha value is -2.77. The van der Waals surface area contributed by atoms with Crippen LogP contribution in [0.15, 0.2) is 41.5 Å². The lowest BCUT2D eigenvalue weighted by Crippen LogP contribution is -2.30. The molecule has 0 aliphatic heterocycles. The van der Waals surface area contributed by atoms with Crippen molar-refractivity contribution < 1.29 is 28.2 Å². The van der Waals surface area contributed by atoms with E-state index in [0.717, 1.165) is 36.7 Å². The molecule has 1 heterocycles. The third-order valence-electron chi connectivity index (χ3n) is 5.16. The van der Waals surface area contributed by atoms with Gasteiger partial charge in [0.25, 0.3) is 0 Å². The standard InChI is InChI=1S/C19H18F3NO4/c20-19(21,22)13-5-3-12(4-6-13)18(7-1-2-8-18)11-23-9-14(17(26)27)16(25)15(24)10-23/h3-6,9-10,24H,1-2,7-8,11H2,(H,26,27). The second kappa shape index (κ2) is 6.75. The Labute approximate surface area is 152 Å². The molecule has 27 heavy (non-hydrogen) atoms. The normalized spacial score (nSPS) is 16.4. The molecule has 1 aromatic carbocycles. The highest BCUT2D eigenvalue weighted by Crippen LogP contribution is 2.43. The predicted octanol–water partition coefficient (Wildman–Crippen LogP) is 3.78. The summed E-state index contributed by atoms with van der Waals surface area (Å²) in [6, 6.07) is 4.99. The largest absolute Gasteiger partial charge is 0.503 e. The lowest BCUT2D eigenvalue weighted by atomic mass is 9.78. The van der Waals surface area contributed by atoms with Gasteiger partial charge >= 0.3 is 12.1 Å². The highest BCUT2D eigenvalue weighted by Gasteiger charge is 2.37. The number of rotatable bonds is 4. The summed E-state index contributed by atoms with van der Waals surface area (Å²) in [6.45, 7) is 0.256. The minimum Gasteiger partial charge on any atom is -0.503 e. The molecule has 0 amide bonds. The Morgan fingerprint density at radius 2 is 1.70 bits per heavy atom. The van der Waals surface area contributed by atoms with E-state index in [4.69, 9.17) is 5.11 Å². The highest BCUT2D eigenvalue weighted by molar-refractivity contribution is 5.87. The molecule has 0 saturated heterocycles. The maximum Gasteiger partial charge on any atom is 0.416 e. The first kappa shape index (κ1) is 19.0. The molecule has 1 fully saturated rings. The molecule has 0 radical (unpaired) electrons. The van der Waals surface area contributed by atoms with Gasteiger partial charge in [-0.25, -0.2) is 4.79 Å². The number of aromatic hydroxyl groups is 1. The van der Waals surface area contributed by atoms with E-state index in [-0.39, 0.29) is 6.54 Å². The average Bonchev–Trinajstić information content (AvgIpc) is 3.07. The molecule has 5 nitrogen and oxygen atoms in total. The van der Waals surface area contributed by atoms with Crippen molar-refractivity contribution in [3.05, 3.63) is 63.6 Å². The first-order chi connectivity index (χ1) is 12.6. The molecular weight excluding hydrogens is 363 g/mol. The van der Waals surface area contributed by atoms with Crippen LogP contribution in [-0.2, 0) is 18.1 Å². The molecular formula is C19H18F3NO4. The van der Waals surface area contributed by atoms with Gasteiger partial charge in [-0.3, -0.25) is 4.79 Å². The minimum atomic E-state index is -4.41. The summed E-state index contributed by atoms with van der Waals surface area (Å²) in [5, 5.41) is 18.9. The Morgan fingerprint density at radius 3 is 2.22 bits per heavy atom.